The molecule has 6 nitrogen and oxygen atoms in total. The van der Waals surface area contributed by atoms with Gasteiger partial charge in [-0.1, -0.05) is 386 Å². The van der Waals surface area contributed by atoms with E-state index in [4.69, 9.17) is 0 Å². The fourth-order valence-corrected chi connectivity index (χ4v) is 21.8. The lowest BCUT2D eigenvalue weighted by Gasteiger charge is -2.28. The molecule has 0 bridgehead atoms. The number of hydrogen-bond acceptors (Lipinski definition) is 6. The number of anilines is 18. The first kappa shape index (κ1) is 93.0. The molecule has 0 radical (unpaired) electrons. The minimum atomic E-state index is 1.06. The monoisotopic (exact) mass is 1920 g/mol. The zero-order valence-electron chi connectivity index (χ0n) is 84.1. The lowest BCUT2D eigenvalue weighted by molar-refractivity contribution is 1.27. The van der Waals surface area contributed by atoms with E-state index in [0.717, 1.165) is 146 Å². The van der Waals surface area contributed by atoms with Crippen LogP contribution in [0.4, 0.5) is 102 Å². The first-order valence-electron chi connectivity index (χ1n) is 51.6. The van der Waals surface area contributed by atoms with Crippen molar-refractivity contribution < 1.29 is 0 Å². The highest BCUT2D eigenvalue weighted by molar-refractivity contribution is 6.34. The Labute approximate surface area is 878 Å². The van der Waals surface area contributed by atoms with Gasteiger partial charge >= 0.3 is 0 Å². The summed E-state index contributed by atoms with van der Waals surface area (Å²) in [6.45, 7) is 8.54. The highest BCUT2D eigenvalue weighted by atomic mass is 15.2. The molecule has 0 aliphatic carbocycles. The molecule has 0 unspecified atom stereocenters. The molecule has 0 N–H and O–H groups in total. The van der Waals surface area contributed by atoms with Crippen molar-refractivity contribution in [3.8, 4) is 66.8 Å². The number of hydrogen-bond donors (Lipinski definition) is 0. The molecular formula is C144H108N6. The van der Waals surface area contributed by atoms with E-state index in [9.17, 15) is 0 Å². The van der Waals surface area contributed by atoms with Crippen molar-refractivity contribution >= 4 is 156 Å². The largest absolute Gasteiger partial charge is 0.311 e. The minimum Gasteiger partial charge on any atom is -0.311 e. The summed E-state index contributed by atoms with van der Waals surface area (Å²) >= 11 is 0. The zero-order valence-corrected chi connectivity index (χ0v) is 84.1. The molecule has 0 fully saturated rings. The van der Waals surface area contributed by atoms with E-state index in [1.165, 1.54) is 99.1 Å². The normalized spacial score (nSPS) is 11.2. The summed E-state index contributed by atoms with van der Waals surface area (Å²) < 4.78 is 0. The van der Waals surface area contributed by atoms with Gasteiger partial charge in [-0.05, 0) is 367 Å². The first-order chi connectivity index (χ1) is 74.1. The number of fused-ring (bicyclic) bond motifs is 5. The van der Waals surface area contributed by atoms with E-state index in [2.05, 4.69) is 639 Å². The van der Waals surface area contributed by atoms with E-state index in [0.29, 0.717) is 0 Å². The Balaban J connectivity index is 0.000000182. The van der Waals surface area contributed by atoms with Gasteiger partial charge in [0.1, 0.15) is 0 Å². The third-order valence-electron chi connectivity index (χ3n) is 28.9. The Morgan fingerprint density at radius 3 is 0.327 bits per heavy atom. The highest BCUT2D eigenvalue weighted by Gasteiger charge is 2.30. The lowest BCUT2D eigenvalue weighted by atomic mass is 9.77. The van der Waals surface area contributed by atoms with Crippen molar-refractivity contribution in [3.05, 3.63) is 605 Å². The van der Waals surface area contributed by atoms with Gasteiger partial charge in [0, 0.05) is 102 Å². The molecule has 0 saturated heterocycles. The maximum atomic E-state index is 2.35. The summed E-state index contributed by atoms with van der Waals surface area (Å²) in [4.78, 5) is 14.1. The molecule has 25 rings (SSSR count). The van der Waals surface area contributed by atoms with E-state index < -0.39 is 0 Å². The zero-order chi connectivity index (χ0) is 101. The molecule has 150 heavy (non-hydrogen) atoms. The number of benzene rings is 25. The van der Waals surface area contributed by atoms with Crippen molar-refractivity contribution in [1.29, 1.82) is 0 Å². The van der Waals surface area contributed by atoms with Crippen LogP contribution in [0.15, 0.2) is 582 Å². The molecule has 25 aromatic carbocycles. The van der Waals surface area contributed by atoms with Crippen molar-refractivity contribution in [2.75, 3.05) is 29.4 Å². The Kier molecular flexibility index (Phi) is 25.9. The van der Waals surface area contributed by atoms with Gasteiger partial charge < -0.3 is 29.4 Å². The van der Waals surface area contributed by atoms with Gasteiger partial charge in [0.15, 0.2) is 0 Å². The quantitative estimate of drug-likeness (QED) is 0.0558. The van der Waals surface area contributed by atoms with Crippen LogP contribution in [0, 0.1) is 27.7 Å². The second-order valence-electron chi connectivity index (χ2n) is 38.5. The van der Waals surface area contributed by atoms with Crippen LogP contribution in [0.5, 0.6) is 0 Å². The Hall–Kier alpha value is -19.4. The van der Waals surface area contributed by atoms with Crippen molar-refractivity contribution in [3.63, 3.8) is 0 Å². The third kappa shape index (κ3) is 18.5. The molecule has 0 aliphatic rings. The molecule has 0 saturated carbocycles. The Bertz CT molecular complexity index is 7860. The summed E-state index contributed by atoms with van der Waals surface area (Å²) in [7, 11) is 0. The SMILES string of the molecule is Cc1ccc(N(c2ccc(C)cc2)c2ccc(-c3c4ccccc4c(-c4ccc(N(c5ccc(C)cc5)c5ccc(C)cc5)cc4)c4ccccc34)cc2)cc1.c1ccc(N(c2ccccc2)c2ccc(-c3c4ccccc4c(-c4ccc(N(c5ccccc5)c5ccccc5)cc4)c4c(-c5ccc(N(c6ccccc6)c6ccccc6)cc5)c5ccccc5c(-c5ccc(N(c6ccccc6)c6ccccc6)cc5)c34)cc2)cc1. The minimum absolute atomic E-state index is 1.06. The van der Waals surface area contributed by atoms with Gasteiger partial charge in [0.25, 0.3) is 0 Å². The van der Waals surface area contributed by atoms with Crippen LogP contribution in [0.3, 0.4) is 0 Å². The number of rotatable bonds is 24. The topological polar surface area (TPSA) is 19.4 Å². The van der Waals surface area contributed by atoms with Crippen LogP contribution in [-0.4, -0.2) is 0 Å². The molecule has 0 heterocycles. The van der Waals surface area contributed by atoms with Gasteiger partial charge in [-0.2, -0.15) is 0 Å². The molecule has 0 amide bonds. The van der Waals surface area contributed by atoms with Crippen LogP contribution in [-0.2, 0) is 0 Å². The second-order valence-corrected chi connectivity index (χ2v) is 38.5. The van der Waals surface area contributed by atoms with Crippen LogP contribution < -0.4 is 29.4 Å². The number of aryl methyl sites for hydroxylation is 4. The van der Waals surface area contributed by atoms with E-state index >= 15 is 0 Å². The average molecular weight is 1920 g/mol. The van der Waals surface area contributed by atoms with Gasteiger partial charge in [0.05, 0.1) is 0 Å². The summed E-state index contributed by atoms with van der Waals surface area (Å²) in [5, 5.41) is 12.0. The Morgan fingerprint density at radius 1 is 0.0933 bits per heavy atom. The highest BCUT2D eigenvalue weighted by Crippen LogP contribution is 2.57. The van der Waals surface area contributed by atoms with E-state index in [-0.39, 0.29) is 0 Å². The molecule has 0 spiro atoms. The standard InChI is InChI=1S/C90H64N4.C54H44N2/c1-9-29-69(30-10-1)91(70-31-11-2-12-32-70)77-57-49-65(50-58-77)85-81-45-25-26-46-82(81)87(67-53-61-79(62-54-67)93(73-37-17-5-18-38-73)74-39-19-6-20-40-74)90-88(68-55-63-80(64-56-68)94(75-41-21-7-22-42-75)76-43-23-8-24-44-76)84-48-28-27-47-83(84)86(89(85)90)66-51-59-78(60-52-66)92(71-33-13-3-14-34-71)72-35-15-4-16-36-72;1-37-13-25-43(26-14-37)55(44-27-15-38(2)16-28-44)47-33-21-41(22-34-47)53-49-9-5-7-11-51(49)54(52-12-8-6-10-50(52)53)42-23-35-48(36-24-42)56(45-29-17-39(3)18-30-45)46-31-19-40(4)20-32-46/h1-64H;5-36H,1-4H3. The van der Waals surface area contributed by atoms with Gasteiger partial charge in [0.2, 0.25) is 0 Å². The fraction of sp³-hybridized carbons (Fsp3) is 0.0278. The van der Waals surface area contributed by atoms with Crippen molar-refractivity contribution in [2.24, 2.45) is 0 Å². The van der Waals surface area contributed by atoms with Crippen molar-refractivity contribution in [2.45, 2.75) is 27.7 Å². The average Bonchev–Trinajstić information content (AvgIpc) is 0.786. The molecule has 0 atom stereocenters. The summed E-state index contributed by atoms with van der Waals surface area (Å²) in [5.41, 5.74) is 38.8. The molecule has 0 aromatic heterocycles. The molecule has 714 valence electrons. The van der Waals surface area contributed by atoms with E-state index in [1.54, 1.807) is 0 Å². The van der Waals surface area contributed by atoms with Crippen LogP contribution >= 0.6 is 0 Å². The lowest BCUT2D eigenvalue weighted by Crippen LogP contribution is -2.09. The first-order valence-corrected chi connectivity index (χ1v) is 51.6. The third-order valence-corrected chi connectivity index (χ3v) is 28.9. The smallest absolute Gasteiger partial charge is 0.0462 e. The van der Waals surface area contributed by atoms with Gasteiger partial charge in [-0.3, -0.25) is 0 Å². The second kappa shape index (κ2) is 41.7. The van der Waals surface area contributed by atoms with E-state index in [1.807, 2.05) is 0 Å². The molecule has 0 aliphatic heterocycles. The molecular weight excluding hydrogens is 1810 g/mol. The van der Waals surface area contributed by atoms with Crippen molar-refractivity contribution in [1.82, 2.24) is 0 Å². The molecule has 25 aromatic rings. The fourth-order valence-electron chi connectivity index (χ4n) is 21.8. The summed E-state index contributed by atoms with van der Waals surface area (Å²) in [6.07, 6.45) is 0. The number of nitrogens with zero attached hydrogens (tertiary/aromatic N) is 6. The summed E-state index contributed by atoms with van der Waals surface area (Å²) in [6, 6.07) is 212. The predicted octanol–water partition coefficient (Wildman–Crippen LogP) is 41.2. The van der Waals surface area contributed by atoms with Crippen LogP contribution in [0.1, 0.15) is 22.3 Å². The maximum absolute atomic E-state index is 2.35. The maximum Gasteiger partial charge on any atom is 0.0462 e. The molecule has 6 heteroatoms. The van der Waals surface area contributed by atoms with Gasteiger partial charge in [-0.25, -0.2) is 0 Å². The van der Waals surface area contributed by atoms with Gasteiger partial charge in [-0.15, -0.1) is 0 Å². The summed E-state index contributed by atoms with van der Waals surface area (Å²) in [5.74, 6) is 0. The van der Waals surface area contributed by atoms with Crippen LogP contribution in [0.25, 0.3) is 121 Å². The van der Waals surface area contributed by atoms with Crippen LogP contribution in [0.2, 0.25) is 0 Å². The predicted molar refractivity (Wildman–Crippen MR) is 640 cm³/mol. The number of para-hydroxylation sites is 8. The Morgan fingerprint density at radius 2 is 0.193 bits per heavy atom.